The van der Waals surface area contributed by atoms with Crippen LogP contribution in [0, 0.1) is 0 Å². The standard InChI is InChI=1S/C8H15NO2/c1-7(11)8(9(2)3)5-4-6-10/h4-8,11H,1-3H3/b5-4+/t7-,8+/m1/s1. The molecule has 0 aromatic rings. The Labute approximate surface area is 67.3 Å². The van der Waals surface area contributed by atoms with Gasteiger partial charge in [-0.3, -0.25) is 4.79 Å². The van der Waals surface area contributed by atoms with Crippen LogP contribution >= 0.6 is 0 Å². The van der Waals surface area contributed by atoms with Gasteiger partial charge in [-0.2, -0.15) is 0 Å². The van der Waals surface area contributed by atoms with Crippen molar-refractivity contribution in [1.82, 2.24) is 4.90 Å². The van der Waals surface area contributed by atoms with E-state index in [1.807, 2.05) is 19.0 Å². The van der Waals surface area contributed by atoms with E-state index in [9.17, 15) is 9.90 Å². The van der Waals surface area contributed by atoms with Gasteiger partial charge in [0.1, 0.15) is 6.29 Å². The van der Waals surface area contributed by atoms with Crippen molar-refractivity contribution in [3.8, 4) is 0 Å². The zero-order valence-corrected chi connectivity index (χ0v) is 7.19. The summed E-state index contributed by atoms with van der Waals surface area (Å²) in [6.07, 6.45) is 3.33. The maximum Gasteiger partial charge on any atom is 0.142 e. The molecule has 3 nitrogen and oxygen atoms in total. The highest BCUT2D eigenvalue weighted by Gasteiger charge is 2.12. The highest BCUT2D eigenvalue weighted by Crippen LogP contribution is 2.00. The lowest BCUT2D eigenvalue weighted by Crippen LogP contribution is -2.35. The normalized spacial score (nSPS) is 17.2. The number of aldehydes is 1. The largest absolute Gasteiger partial charge is 0.391 e. The molecule has 0 rings (SSSR count). The number of aliphatic hydroxyl groups excluding tert-OH is 1. The van der Waals surface area contributed by atoms with Crippen molar-refractivity contribution in [1.29, 1.82) is 0 Å². The molecule has 0 radical (unpaired) electrons. The fourth-order valence-corrected chi connectivity index (χ4v) is 0.924. The van der Waals surface area contributed by atoms with Crippen LogP contribution in [0.15, 0.2) is 12.2 Å². The molecule has 64 valence electrons. The molecule has 0 heterocycles. The number of carbonyl (C=O) groups is 1. The van der Waals surface area contributed by atoms with E-state index in [2.05, 4.69) is 0 Å². The molecule has 0 unspecified atom stereocenters. The van der Waals surface area contributed by atoms with Crippen LogP contribution in [-0.4, -0.2) is 42.5 Å². The Kier molecular flexibility index (Phi) is 4.74. The van der Waals surface area contributed by atoms with E-state index in [4.69, 9.17) is 0 Å². The molecule has 1 N–H and O–H groups in total. The van der Waals surface area contributed by atoms with Gasteiger partial charge in [-0.1, -0.05) is 6.08 Å². The Morgan fingerprint density at radius 3 is 2.27 bits per heavy atom. The topological polar surface area (TPSA) is 40.5 Å². The fourth-order valence-electron chi connectivity index (χ4n) is 0.924. The van der Waals surface area contributed by atoms with Crippen molar-refractivity contribution in [3.63, 3.8) is 0 Å². The highest BCUT2D eigenvalue weighted by molar-refractivity contribution is 5.64. The number of likely N-dealkylation sites (N-methyl/N-ethyl adjacent to an activating group) is 1. The summed E-state index contributed by atoms with van der Waals surface area (Å²) >= 11 is 0. The number of rotatable bonds is 4. The lowest BCUT2D eigenvalue weighted by Gasteiger charge is -2.23. The minimum absolute atomic E-state index is 0.0831. The zero-order chi connectivity index (χ0) is 8.85. The molecule has 0 fully saturated rings. The Morgan fingerprint density at radius 2 is 2.00 bits per heavy atom. The van der Waals surface area contributed by atoms with Crippen molar-refractivity contribution in [2.24, 2.45) is 0 Å². The zero-order valence-electron chi connectivity index (χ0n) is 7.19. The molecule has 0 aromatic heterocycles. The van der Waals surface area contributed by atoms with Crippen LogP contribution in [0.1, 0.15) is 6.92 Å². The van der Waals surface area contributed by atoms with Crippen LogP contribution in [0.3, 0.4) is 0 Å². The molecule has 0 aliphatic heterocycles. The Morgan fingerprint density at radius 1 is 1.45 bits per heavy atom. The van der Waals surface area contributed by atoms with Crippen molar-refractivity contribution < 1.29 is 9.90 Å². The van der Waals surface area contributed by atoms with E-state index in [1.165, 1.54) is 6.08 Å². The van der Waals surface area contributed by atoms with Crippen molar-refractivity contribution in [2.75, 3.05) is 14.1 Å². The van der Waals surface area contributed by atoms with Gasteiger partial charge in [0.2, 0.25) is 0 Å². The molecular formula is C8H15NO2. The number of nitrogens with zero attached hydrogens (tertiary/aromatic N) is 1. The van der Waals surface area contributed by atoms with Gasteiger partial charge < -0.3 is 10.0 Å². The summed E-state index contributed by atoms with van der Waals surface area (Å²) in [6, 6.07) is -0.0831. The van der Waals surface area contributed by atoms with Gasteiger partial charge >= 0.3 is 0 Å². The van der Waals surface area contributed by atoms with Crippen LogP contribution < -0.4 is 0 Å². The molecule has 0 aliphatic carbocycles. The number of carbonyl (C=O) groups excluding carboxylic acids is 1. The van der Waals surface area contributed by atoms with Crippen LogP contribution in [-0.2, 0) is 4.79 Å². The summed E-state index contributed by atoms with van der Waals surface area (Å²) in [7, 11) is 3.71. The molecule has 2 atom stereocenters. The molecule has 0 saturated carbocycles. The lowest BCUT2D eigenvalue weighted by molar-refractivity contribution is -0.104. The fraction of sp³-hybridized carbons (Fsp3) is 0.625. The summed E-state index contributed by atoms with van der Waals surface area (Å²) < 4.78 is 0. The minimum atomic E-state index is -0.457. The molecule has 0 spiro atoms. The molecule has 0 aliphatic rings. The van der Waals surface area contributed by atoms with Crippen LogP contribution in [0.2, 0.25) is 0 Å². The Balaban J connectivity index is 4.10. The highest BCUT2D eigenvalue weighted by atomic mass is 16.3. The van der Waals surface area contributed by atoms with E-state index in [0.29, 0.717) is 6.29 Å². The monoisotopic (exact) mass is 157 g/mol. The Hall–Kier alpha value is -0.670. The average molecular weight is 157 g/mol. The molecule has 3 heteroatoms. The van der Waals surface area contributed by atoms with Crippen LogP contribution in [0.25, 0.3) is 0 Å². The van der Waals surface area contributed by atoms with E-state index in [1.54, 1.807) is 13.0 Å². The first-order chi connectivity index (χ1) is 5.09. The van der Waals surface area contributed by atoms with E-state index >= 15 is 0 Å². The van der Waals surface area contributed by atoms with E-state index in [-0.39, 0.29) is 6.04 Å². The average Bonchev–Trinajstić information content (AvgIpc) is 1.87. The molecule has 11 heavy (non-hydrogen) atoms. The van der Waals surface area contributed by atoms with Gasteiger partial charge in [-0.05, 0) is 27.1 Å². The minimum Gasteiger partial charge on any atom is -0.391 e. The number of aliphatic hydroxyl groups is 1. The molecular weight excluding hydrogens is 142 g/mol. The van der Waals surface area contributed by atoms with Gasteiger partial charge in [0, 0.05) is 0 Å². The number of hydrogen-bond acceptors (Lipinski definition) is 3. The van der Waals surface area contributed by atoms with Crippen molar-refractivity contribution in [2.45, 2.75) is 19.1 Å². The summed E-state index contributed by atoms with van der Waals surface area (Å²) in [5.41, 5.74) is 0. The van der Waals surface area contributed by atoms with E-state index in [0.717, 1.165) is 0 Å². The second-order valence-electron chi connectivity index (χ2n) is 2.72. The molecule has 0 amide bonds. The van der Waals surface area contributed by atoms with Crippen LogP contribution in [0.5, 0.6) is 0 Å². The summed E-state index contributed by atoms with van der Waals surface area (Å²) in [5.74, 6) is 0. The predicted octanol–water partition coefficient (Wildman–Crippen LogP) is 0.0525. The maximum atomic E-state index is 9.97. The first-order valence-electron chi connectivity index (χ1n) is 3.56. The molecule has 0 bridgehead atoms. The van der Waals surface area contributed by atoms with Gasteiger partial charge in [0.15, 0.2) is 0 Å². The quantitative estimate of drug-likeness (QED) is 0.463. The smallest absolute Gasteiger partial charge is 0.142 e. The maximum absolute atomic E-state index is 9.97. The SMILES string of the molecule is C[C@@H](O)[C@H](/C=C/C=O)N(C)C. The van der Waals surface area contributed by atoms with E-state index < -0.39 is 6.10 Å². The third-order valence-corrected chi connectivity index (χ3v) is 1.48. The molecule has 0 aromatic carbocycles. The second kappa shape index (κ2) is 5.04. The van der Waals surface area contributed by atoms with Crippen LogP contribution in [0.4, 0.5) is 0 Å². The predicted molar refractivity (Wildman–Crippen MR) is 44.4 cm³/mol. The lowest BCUT2D eigenvalue weighted by atomic mass is 10.1. The van der Waals surface area contributed by atoms with Gasteiger partial charge in [-0.25, -0.2) is 0 Å². The van der Waals surface area contributed by atoms with Gasteiger partial charge in [-0.15, -0.1) is 0 Å². The first kappa shape index (κ1) is 10.3. The van der Waals surface area contributed by atoms with Crippen molar-refractivity contribution >= 4 is 6.29 Å². The summed E-state index contributed by atoms with van der Waals surface area (Å²) in [6.45, 7) is 1.69. The van der Waals surface area contributed by atoms with Crippen molar-refractivity contribution in [3.05, 3.63) is 12.2 Å². The summed E-state index contributed by atoms with van der Waals surface area (Å²) in [5, 5.41) is 9.20. The number of hydrogen-bond donors (Lipinski definition) is 1. The van der Waals surface area contributed by atoms with Gasteiger partial charge in [0.05, 0.1) is 12.1 Å². The number of allylic oxidation sites excluding steroid dienone is 1. The first-order valence-corrected chi connectivity index (χ1v) is 3.56. The summed E-state index contributed by atoms with van der Waals surface area (Å²) in [4.78, 5) is 11.8. The second-order valence-corrected chi connectivity index (χ2v) is 2.72. The third kappa shape index (κ3) is 3.91. The Bertz CT molecular complexity index is 133. The van der Waals surface area contributed by atoms with Gasteiger partial charge in [0.25, 0.3) is 0 Å². The third-order valence-electron chi connectivity index (χ3n) is 1.48. The molecule has 0 saturated heterocycles.